The van der Waals surface area contributed by atoms with E-state index in [4.69, 9.17) is 5.73 Å². The average molecular weight is 314 g/mol. The number of ketones is 1. The summed E-state index contributed by atoms with van der Waals surface area (Å²) in [6.07, 6.45) is 0. The molecule has 0 unspecified atom stereocenters. The number of Topliss-reactive ketones (excluding diaryl/α,β-unsaturated/α-hetero) is 1. The fourth-order valence-corrected chi connectivity index (χ4v) is 2.28. The van der Waals surface area contributed by atoms with Crippen LogP contribution in [0.2, 0.25) is 0 Å². The maximum atomic E-state index is 12.3. The highest BCUT2D eigenvalue weighted by Gasteiger charge is 2.17. The number of nitrogens with two attached hydrogens (primary N) is 1. The van der Waals surface area contributed by atoms with Gasteiger partial charge in [-0.05, 0) is 19.1 Å². The number of anilines is 1. The Hall–Kier alpha value is -2.16. The van der Waals surface area contributed by atoms with Crippen LogP contribution in [-0.2, 0) is 0 Å². The van der Waals surface area contributed by atoms with E-state index in [1.807, 2.05) is 0 Å². The third-order valence-electron chi connectivity index (χ3n) is 2.47. The number of aryl methyl sites for hydroxylation is 1. The fraction of sp³-hybridized carbons (Fsp3) is 0.250. The Kier molecular flexibility index (Phi) is 4.73. The zero-order valence-corrected chi connectivity index (χ0v) is 11.8. The van der Waals surface area contributed by atoms with E-state index in [1.54, 1.807) is 13.0 Å². The van der Waals surface area contributed by atoms with Crippen molar-refractivity contribution in [2.75, 3.05) is 11.5 Å². The van der Waals surface area contributed by atoms with Gasteiger partial charge in [0.15, 0.2) is 5.78 Å². The van der Waals surface area contributed by atoms with Crippen molar-refractivity contribution < 1.29 is 18.3 Å². The summed E-state index contributed by atoms with van der Waals surface area (Å²) in [5.74, 6) is -0.374. The lowest BCUT2D eigenvalue weighted by molar-refractivity contribution is -0.0501. The second-order valence-electron chi connectivity index (χ2n) is 4.09. The summed E-state index contributed by atoms with van der Waals surface area (Å²) in [6.45, 7) is -1.23. The van der Waals surface area contributed by atoms with Gasteiger partial charge in [-0.15, -0.1) is 5.10 Å². The van der Waals surface area contributed by atoms with Crippen molar-refractivity contribution in [1.29, 1.82) is 0 Å². The zero-order chi connectivity index (χ0) is 15.4. The van der Waals surface area contributed by atoms with Gasteiger partial charge in [-0.2, -0.15) is 13.8 Å². The van der Waals surface area contributed by atoms with Crippen LogP contribution in [0.4, 0.5) is 14.7 Å². The highest BCUT2D eigenvalue weighted by atomic mass is 32.2. The molecule has 0 amide bonds. The normalized spacial score (nSPS) is 10.9. The molecule has 0 radical (unpaired) electrons. The Morgan fingerprint density at radius 2 is 2.29 bits per heavy atom. The molecule has 0 saturated carbocycles. The van der Waals surface area contributed by atoms with E-state index < -0.39 is 6.61 Å². The Labute approximate surface area is 123 Å². The smallest absolute Gasteiger partial charge is 0.387 e. The van der Waals surface area contributed by atoms with Gasteiger partial charge in [0.1, 0.15) is 5.75 Å². The largest absolute Gasteiger partial charge is 0.434 e. The van der Waals surface area contributed by atoms with E-state index in [1.165, 1.54) is 12.1 Å². The number of carbonyl (C=O) groups excluding carboxylic acids is 1. The predicted molar refractivity (Wildman–Crippen MR) is 73.7 cm³/mol. The number of H-pyrrole nitrogens is 1. The summed E-state index contributed by atoms with van der Waals surface area (Å²) in [7, 11) is 0. The summed E-state index contributed by atoms with van der Waals surface area (Å²) in [5, 5.41) is 6.52. The highest BCUT2D eigenvalue weighted by molar-refractivity contribution is 7.99. The molecule has 2 rings (SSSR count). The van der Waals surface area contributed by atoms with Gasteiger partial charge in [-0.25, -0.2) is 5.10 Å². The van der Waals surface area contributed by atoms with Crippen LogP contribution in [0.3, 0.4) is 0 Å². The highest BCUT2D eigenvalue weighted by Crippen LogP contribution is 2.25. The molecule has 3 N–H and O–H groups in total. The maximum Gasteiger partial charge on any atom is 0.387 e. The number of rotatable bonds is 6. The van der Waals surface area contributed by atoms with E-state index in [9.17, 15) is 13.6 Å². The molecule has 0 saturated heterocycles. The molecule has 112 valence electrons. The lowest BCUT2D eigenvalue weighted by Gasteiger charge is -2.10. The Balaban J connectivity index is 2.12. The topological polar surface area (TPSA) is 93.9 Å². The number of nitrogens with one attached hydrogen (secondary N) is 1. The van der Waals surface area contributed by atoms with E-state index in [-0.39, 0.29) is 28.8 Å². The first-order valence-electron chi connectivity index (χ1n) is 5.85. The van der Waals surface area contributed by atoms with Crippen molar-refractivity contribution in [1.82, 2.24) is 15.2 Å². The van der Waals surface area contributed by atoms with Crippen LogP contribution in [0, 0.1) is 6.92 Å². The van der Waals surface area contributed by atoms with E-state index in [0.29, 0.717) is 5.16 Å². The molecule has 0 aliphatic rings. The molecule has 0 spiro atoms. The Morgan fingerprint density at radius 3 is 2.90 bits per heavy atom. The van der Waals surface area contributed by atoms with Gasteiger partial charge in [0, 0.05) is 0 Å². The quantitative estimate of drug-likeness (QED) is 0.627. The molecular weight excluding hydrogens is 302 g/mol. The van der Waals surface area contributed by atoms with Crippen LogP contribution in [-0.4, -0.2) is 33.3 Å². The summed E-state index contributed by atoms with van der Waals surface area (Å²) in [5.41, 5.74) is 6.24. The zero-order valence-electron chi connectivity index (χ0n) is 11.0. The predicted octanol–water partition coefficient (Wildman–Crippen LogP) is 2.27. The Morgan fingerprint density at radius 1 is 1.52 bits per heavy atom. The van der Waals surface area contributed by atoms with E-state index in [0.717, 1.165) is 17.3 Å². The van der Waals surface area contributed by atoms with Gasteiger partial charge >= 0.3 is 6.61 Å². The van der Waals surface area contributed by atoms with Gasteiger partial charge < -0.3 is 10.5 Å². The number of carbonyl (C=O) groups is 1. The molecule has 21 heavy (non-hydrogen) atoms. The summed E-state index contributed by atoms with van der Waals surface area (Å²) >= 11 is 1.05. The molecule has 0 aliphatic heterocycles. The van der Waals surface area contributed by atoms with Crippen LogP contribution in [0.25, 0.3) is 0 Å². The SMILES string of the molecule is Cc1ccc(OC(F)F)c(C(=O)CSc2n[nH]c(N)n2)c1. The van der Waals surface area contributed by atoms with Crippen molar-refractivity contribution in [2.45, 2.75) is 18.7 Å². The second-order valence-corrected chi connectivity index (χ2v) is 5.04. The van der Waals surface area contributed by atoms with Crippen LogP contribution in [0.5, 0.6) is 5.75 Å². The van der Waals surface area contributed by atoms with E-state index >= 15 is 0 Å². The summed E-state index contributed by atoms with van der Waals surface area (Å²) < 4.78 is 29.0. The minimum absolute atomic E-state index is 0.0135. The van der Waals surface area contributed by atoms with Crippen molar-refractivity contribution in [3.8, 4) is 5.75 Å². The molecule has 0 atom stereocenters. The number of ether oxygens (including phenoxy) is 1. The van der Waals surface area contributed by atoms with Crippen LogP contribution < -0.4 is 10.5 Å². The molecule has 2 aromatic rings. The molecule has 1 heterocycles. The third kappa shape index (κ3) is 4.15. The molecule has 0 bridgehead atoms. The van der Waals surface area contributed by atoms with Gasteiger partial charge in [0.25, 0.3) is 0 Å². The Bertz CT molecular complexity index is 648. The van der Waals surface area contributed by atoms with Crippen LogP contribution in [0.1, 0.15) is 15.9 Å². The summed E-state index contributed by atoms with van der Waals surface area (Å²) in [4.78, 5) is 16.0. The number of thioether (sulfide) groups is 1. The maximum absolute atomic E-state index is 12.3. The van der Waals surface area contributed by atoms with Crippen molar-refractivity contribution >= 4 is 23.5 Å². The lowest BCUT2D eigenvalue weighted by atomic mass is 10.1. The van der Waals surface area contributed by atoms with E-state index in [2.05, 4.69) is 19.9 Å². The second kappa shape index (κ2) is 6.53. The van der Waals surface area contributed by atoms with Crippen LogP contribution >= 0.6 is 11.8 Å². The first-order valence-corrected chi connectivity index (χ1v) is 6.83. The first kappa shape index (κ1) is 15.2. The van der Waals surface area contributed by atoms with Gasteiger partial charge in [-0.3, -0.25) is 4.79 Å². The lowest BCUT2D eigenvalue weighted by Crippen LogP contribution is -2.10. The standard InChI is InChI=1S/C12H12F2N4O2S/c1-6-2-3-9(20-10(13)14)7(4-6)8(19)5-21-12-16-11(15)17-18-12/h2-4,10H,5H2,1H3,(H3,15,16,17,18). The molecule has 6 nitrogen and oxygen atoms in total. The van der Waals surface area contributed by atoms with Gasteiger partial charge in [-0.1, -0.05) is 23.4 Å². The molecule has 1 aromatic carbocycles. The number of halogens is 2. The number of nitrogen functional groups attached to an aromatic ring is 1. The van der Waals surface area contributed by atoms with Crippen LogP contribution in [0.15, 0.2) is 23.4 Å². The first-order chi connectivity index (χ1) is 9.95. The molecule has 0 aliphatic carbocycles. The molecular formula is C12H12F2N4O2S. The monoisotopic (exact) mass is 314 g/mol. The number of hydrogen-bond acceptors (Lipinski definition) is 6. The van der Waals surface area contributed by atoms with Gasteiger partial charge in [0.2, 0.25) is 11.1 Å². The van der Waals surface area contributed by atoms with Crippen molar-refractivity contribution in [3.05, 3.63) is 29.3 Å². The number of benzene rings is 1. The molecule has 9 heteroatoms. The van der Waals surface area contributed by atoms with Crippen molar-refractivity contribution in [2.24, 2.45) is 0 Å². The number of alkyl halides is 2. The molecule has 0 fully saturated rings. The minimum Gasteiger partial charge on any atom is -0.434 e. The fourth-order valence-electron chi connectivity index (χ4n) is 1.59. The summed E-state index contributed by atoms with van der Waals surface area (Å²) in [6, 6.07) is 4.45. The average Bonchev–Trinajstić information content (AvgIpc) is 2.83. The number of aromatic amines is 1. The van der Waals surface area contributed by atoms with Crippen molar-refractivity contribution in [3.63, 3.8) is 0 Å². The number of hydrogen-bond donors (Lipinski definition) is 2. The van der Waals surface area contributed by atoms with Gasteiger partial charge in [0.05, 0.1) is 11.3 Å². The minimum atomic E-state index is -2.99. The molecule has 1 aromatic heterocycles. The number of nitrogens with zero attached hydrogens (tertiary/aromatic N) is 2. The number of aromatic nitrogens is 3. The third-order valence-corrected chi connectivity index (χ3v) is 3.31.